The van der Waals surface area contributed by atoms with Crippen LogP contribution in [0.2, 0.25) is 5.02 Å². The van der Waals surface area contributed by atoms with Gasteiger partial charge in [0, 0.05) is 6.07 Å². The molecule has 2 rings (SSSR count). The molecule has 7 heteroatoms. The van der Waals surface area contributed by atoms with E-state index in [1.54, 1.807) is 18.2 Å². The van der Waals surface area contributed by atoms with E-state index >= 15 is 0 Å². The molecule has 0 spiro atoms. The van der Waals surface area contributed by atoms with Crippen LogP contribution in [0.4, 0.5) is 5.82 Å². The summed E-state index contributed by atoms with van der Waals surface area (Å²) in [6.07, 6.45) is 0. The topological polar surface area (TPSA) is 90.4 Å². The zero-order chi connectivity index (χ0) is 13.3. The lowest BCUT2D eigenvalue weighted by Crippen LogP contribution is -2.03. The predicted molar refractivity (Wildman–Crippen MR) is 66.5 cm³/mol. The fourth-order valence-corrected chi connectivity index (χ4v) is 1.75. The van der Waals surface area contributed by atoms with Crippen molar-refractivity contribution >= 4 is 23.4 Å². The van der Waals surface area contributed by atoms with Gasteiger partial charge in [0.15, 0.2) is 5.69 Å². The van der Waals surface area contributed by atoms with E-state index in [1.165, 1.54) is 17.9 Å². The largest absolute Gasteiger partial charge is 0.495 e. The van der Waals surface area contributed by atoms with Gasteiger partial charge in [0.25, 0.3) is 0 Å². The summed E-state index contributed by atoms with van der Waals surface area (Å²) < 4.78 is 6.32. The maximum Gasteiger partial charge on any atom is 0.356 e. The number of nitrogens with zero attached hydrogens (tertiary/aromatic N) is 2. The summed E-state index contributed by atoms with van der Waals surface area (Å²) >= 11 is 5.98. The number of ether oxygens (including phenoxy) is 1. The SMILES string of the molecule is COc1ccc(-n2nc(C(=O)O)cc2N)cc1Cl. The Bertz CT molecular complexity index is 610. The van der Waals surface area contributed by atoms with Crippen molar-refractivity contribution in [3.63, 3.8) is 0 Å². The number of aromatic nitrogens is 2. The summed E-state index contributed by atoms with van der Waals surface area (Å²) in [7, 11) is 1.51. The Morgan fingerprint density at radius 1 is 1.50 bits per heavy atom. The Morgan fingerprint density at radius 3 is 2.72 bits per heavy atom. The molecule has 0 atom stereocenters. The Morgan fingerprint density at radius 2 is 2.22 bits per heavy atom. The van der Waals surface area contributed by atoms with Crippen molar-refractivity contribution in [3.8, 4) is 11.4 Å². The number of hydrogen-bond acceptors (Lipinski definition) is 4. The molecule has 0 aliphatic rings. The number of carboxylic acids is 1. The molecule has 1 aromatic heterocycles. The number of benzene rings is 1. The normalized spacial score (nSPS) is 10.3. The van der Waals surface area contributed by atoms with E-state index < -0.39 is 5.97 Å². The van der Waals surface area contributed by atoms with Crippen LogP contribution in [0.25, 0.3) is 5.69 Å². The van der Waals surface area contributed by atoms with Crippen LogP contribution in [0.5, 0.6) is 5.75 Å². The minimum atomic E-state index is -1.14. The second kappa shape index (κ2) is 4.58. The third-order valence-electron chi connectivity index (χ3n) is 2.34. The first-order valence-electron chi connectivity index (χ1n) is 4.95. The van der Waals surface area contributed by atoms with Crippen LogP contribution >= 0.6 is 11.6 Å². The van der Waals surface area contributed by atoms with Crippen molar-refractivity contribution < 1.29 is 14.6 Å². The lowest BCUT2D eigenvalue weighted by atomic mass is 10.3. The smallest absolute Gasteiger partial charge is 0.356 e. The Kier molecular flexibility index (Phi) is 3.12. The monoisotopic (exact) mass is 267 g/mol. The first kappa shape index (κ1) is 12.3. The van der Waals surface area contributed by atoms with Crippen molar-refractivity contribution in [3.05, 3.63) is 35.0 Å². The number of methoxy groups -OCH3 is 1. The Labute approximate surface area is 108 Å². The highest BCUT2D eigenvalue weighted by atomic mass is 35.5. The van der Waals surface area contributed by atoms with Gasteiger partial charge in [-0.1, -0.05) is 11.6 Å². The minimum Gasteiger partial charge on any atom is -0.495 e. The third kappa shape index (κ3) is 2.10. The molecule has 18 heavy (non-hydrogen) atoms. The van der Waals surface area contributed by atoms with Crippen molar-refractivity contribution in [1.82, 2.24) is 9.78 Å². The highest BCUT2D eigenvalue weighted by Gasteiger charge is 2.13. The number of carbonyl (C=O) groups is 1. The van der Waals surface area contributed by atoms with Crippen LogP contribution in [0.3, 0.4) is 0 Å². The number of nitrogen functional groups attached to an aromatic ring is 1. The summed E-state index contributed by atoms with van der Waals surface area (Å²) in [6.45, 7) is 0. The summed E-state index contributed by atoms with van der Waals surface area (Å²) in [5.41, 5.74) is 6.13. The van der Waals surface area contributed by atoms with E-state index in [4.69, 9.17) is 27.2 Å². The van der Waals surface area contributed by atoms with E-state index in [9.17, 15) is 4.79 Å². The van der Waals surface area contributed by atoms with E-state index in [-0.39, 0.29) is 11.5 Å². The standard InChI is InChI=1S/C11H10ClN3O3/c1-18-9-3-2-6(4-7(9)12)15-10(13)5-8(14-15)11(16)17/h2-5H,13H2,1H3,(H,16,17). The lowest BCUT2D eigenvalue weighted by molar-refractivity contribution is 0.0690. The molecule has 1 aromatic carbocycles. The van der Waals surface area contributed by atoms with Crippen LogP contribution in [-0.2, 0) is 0 Å². The molecule has 0 saturated heterocycles. The Hall–Kier alpha value is -2.21. The van der Waals surface area contributed by atoms with Crippen LogP contribution in [0, 0.1) is 0 Å². The first-order chi connectivity index (χ1) is 8.52. The number of anilines is 1. The van der Waals surface area contributed by atoms with Gasteiger partial charge in [-0.3, -0.25) is 0 Å². The van der Waals surface area contributed by atoms with Gasteiger partial charge in [0.2, 0.25) is 0 Å². The van der Waals surface area contributed by atoms with Crippen LogP contribution in [-0.4, -0.2) is 28.0 Å². The number of rotatable bonds is 3. The van der Waals surface area contributed by atoms with E-state index in [0.29, 0.717) is 16.5 Å². The van der Waals surface area contributed by atoms with E-state index in [1.807, 2.05) is 0 Å². The molecule has 0 fully saturated rings. The highest BCUT2D eigenvalue weighted by Crippen LogP contribution is 2.27. The Balaban J connectivity index is 2.48. The van der Waals surface area contributed by atoms with Gasteiger partial charge in [-0.25, -0.2) is 9.48 Å². The predicted octanol–water partition coefficient (Wildman–Crippen LogP) is 1.81. The molecule has 0 unspecified atom stereocenters. The summed E-state index contributed by atoms with van der Waals surface area (Å²) in [6, 6.07) is 6.20. The number of nitrogens with two attached hydrogens (primary N) is 1. The molecular weight excluding hydrogens is 258 g/mol. The third-order valence-corrected chi connectivity index (χ3v) is 2.63. The highest BCUT2D eigenvalue weighted by molar-refractivity contribution is 6.32. The van der Waals surface area contributed by atoms with Gasteiger partial charge in [-0.05, 0) is 18.2 Å². The second-order valence-electron chi connectivity index (χ2n) is 3.49. The summed E-state index contributed by atoms with van der Waals surface area (Å²) in [5, 5.41) is 13.1. The van der Waals surface area contributed by atoms with Crippen LogP contribution in [0.15, 0.2) is 24.3 Å². The van der Waals surface area contributed by atoms with E-state index in [2.05, 4.69) is 5.10 Å². The van der Waals surface area contributed by atoms with Gasteiger partial charge in [-0.15, -0.1) is 0 Å². The number of aromatic carboxylic acids is 1. The van der Waals surface area contributed by atoms with E-state index in [0.717, 1.165) is 0 Å². The molecule has 3 N–H and O–H groups in total. The summed E-state index contributed by atoms with van der Waals surface area (Å²) in [5.74, 6) is -0.404. The molecule has 0 saturated carbocycles. The molecule has 6 nitrogen and oxygen atoms in total. The van der Waals surface area contributed by atoms with Gasteiger partial charge in [0.05, 0.1) is 17.8 Å². The molecule has 0 aliphatic heterocycles. The fourth-order valence-electron chi connectivity index (χ4n) is 1.49. The van der Waals surface area contributed by atoms with Gasteiger partial charge >= 0.3 is 5.97 Å². The molecular formula is C11H10ClN3O3. The van der Waals surface area contributed by atoms with Crippen molar-refractivity contribution in [2.75, 3.05) is 12.8 Å². The van der Waals surface area contributed by atoms with Gasteiger partial charge < -0.3 is 15.6 Å². The number of hydrogen-bond donors (Lipinski definition) is 2. The van der Waals surface area contributed by atoms with Crippen molar-refractivity contribution in [1.29, 1.82) is 0 Å². The van der Waals surface area contributed by atoms with Crippen molar-refractivity contribution in [2.24, 2.45) is 0 Å². The average molecular weight is 268 g/mol. The zero-order valence-electron chi connectivity index (χ0n) is 9.42. The number of halogens is 1. The fraction of sp³-hybridized carbons (Fsp3) is 0.0909. The average Bonchev–Trinajstić information content (AvgIpc) is 2.71. The molecule has 0 bridgehead atoms. The van der Waals surface area contributed by atoms with Crippen molar-refractivity contribution in [2.45, 2.75) is 0 Å². The summed E-state index contributed by atoms with van der Waals surface area (Å²) in [4.78, 5) is 10.8. The van der Waals surface area contributed by atoms with Gasteiger partial charge in [0.1, 0.15) is 11.6 Å². The maximum absolute atomic E-state index is 10.8. The molecule has 0 radical (unpaired) electrons. The molecule has 0 amide bonds. The van der Waals surface area contributed by atoms with Gasteiger partial charge in [-0.2, -0.15) is 5.10 Å². The molecule has 94 valence electrons. The quantitative estimate of drug-likeness (QED) is 0.885. The second-order valence-corrected chi connectivity index (χ2v) is 3.90. The lowest BCUT2D eigenvalue weighted by Gasteiger charge is -2.07. The first-order valence-corrected chi connectivity index (χ1v) is 5.33. The zero-order valence-corrected chi connectivity index (χ0v) is 10.2. The molecule has 2 aromatic rings. The maximum atomic E-state index is 10.8. The number of carboxylic acid groups (broad SMARTS) is 1. The van der Waals surface area contributed by atoms with Crippen LogP contribution < -0.4 is 10.5 Å². The molecule has 0 aliphatic carbocycles. The molecule has 1 heterocycles. The minimum absolute atomic E-state index is 0.126. The van der Waals surface area contributed by atoms with Crippen LogP contribution in [0.1, 0.15) is 10.5 Å².